The third kappa shape index (κ3) is 2.58. The lowest BCUT2D eigenvalue weighted by molar-refractivity contribution is -0.138. The predicted molar refractivity (Wildman–Crippen MR) is 77.2 cm³/mol. The van der Waals surface area contributed by atoms with Gasteiger partial charge in [-0.1, -0.05) is 31.2 Å². The van der Waals surface area contributed by atoms with Crippen LogP contribution in [0.4, 0.5) is 0 Å². The molecule has 1 amide bonds. The Kier molecular flexibility index (Phi) is 3.76. The zero-order valence-electron chi connectivity index (χ0n) is 11.9. The molecule has 0 aromatic heterocycles. The molecule has 0 saturated carbocycles. The number of nitrogens with two attached hydrogens (primary N) is 1. The maximum Gasteiger partial charge on any atom is 0.223 e. The minimum atomic E-state index is -0.00972. The van der Waals surface area contributed by atoms with E-state index in [2.05, 4.69) is 18.2 Å². The molecular weight excluding hydrogens is 252 g/mol. The highest BCUT2D eigenvalue weighted by molar-refractivity contribution is 5.77. The molecule has 1 aromatic rings. The van der Waals surface area contributed by atoms with Gasteiger partial charge in [-0.15, -0.1) is 0 Å². The van der Waals surface area contributed by atoms with E-state index >= 15 is 0 Å². The Morgan fingerprint density at radius 1 is 1.40 bits per heavy atom. The van der Waals surface area contributed by atoms with Crippen LogP contribution >= 0.6 is 0 Å². The van der Waals surface area contributed by atoms with Crippen LogP contribution in [0.2, 0.25) is 0 Å². The molecule has 3 atom stereocenters. The molecule has 0 aliphatic carbocycles. The molecule has 2 N–H and O–H groups in total. The van der Waals surface area contributed by atoms with Crippen LogP contribution in [0.3, 0.4) is 0 Å². The van der Waals surface area contributed by atoms with Gasteiger partial charge in [0.25, 0.3) is 0 Å². The van der Waals surface area contributed by atoms with Gasteiger partial charge in [-0.05, 0) is 23.5 Å². The average molecular weight is 274 g/mol. The Labute approximate surface area is 119 Å². The minimum absolute atomic E-state index is 0.00972. The number of carbonyl (C=O) groups excluding carboxylic acids is 1. The van der Waals surface area contributed by atoms with E-state index in [1.165, 1.54) is 11.1 Å². The SMILES string of the molecule is CC1CC(=O)N(CC2OCCc3ccccc32)CC1N. The summed E-state index contributed by atoms with van der Waals surface area (Å²) in [7, 11) is 0. The number of rotatable bonds is 2. The predicted octanol–water partition coefficient (Wildman–Crippen LogP) is 1.50. The van der Waals surface area contributed by atoms with Crippen molar-refractivity contribution in [2.24, 2.45) is 11.7 Å². The summed E-state index contributed by atoms with van der Waals surface area (Å²) in [4.78, 5) is 14.0. The van der Waals surface area contributed by atoms with E-state index in [-0.39, 0.29) is 24.0 Å². The van der Waals surface area contributed by atoms with Crippen LogP contribution in [0.1, 0.15) is 30.6 Å². The highest BCUT2D eigenvalue weighted by atomic mass is 16.5. The quantitative estimate of drug-likeness (QED) is 0.889. The number of hydrogen-bond donors (Lipinski definition) is 1. The molecule has 4 nitrogen and oxygen atoms in total. The summed E-state index contributed by atoms with van der Waals surface area (Å²) in [6.45, 7) is 4.04. The van der Waals surface area contributed by atoms with Crippen LogP contribution in [0.5, 0.6) is 0 Å². The number of carbonyl (C=O) groups is 1. The van der Waals surface area contributed by atoms with Crippen LogP contribution in [0.25, 0.3) is 0 Å². The van der Waals surface area contributed by atoms with Gasteiger partial charge >= 0.3 is 0 Å². The van der Waals surface area contributed by atoms with E-state index in [0.717, 1.165) is 13.0 Å². The lowest BCUT2D eigenvalue weighted by atomic mass is 9.92. The van der Waals surface area contributed by atoms with Crippen LogP contribution in [0.15, 0.2) is 24.3 Å². The highest BCUT2D eigenvalue weighted by Gasteiger charge is 2.32. The zero-order valence-corrected chi connectivity index (χ0v) is 11.9. The second-order valence-electron chi connectivity index (χ2n) is 5.95. The molecule has 1 saturated heterocycles. The normalized spacial score (nSPS) is 30.2. The second kappa shape index (κ2) is 5.54. The number of hydrogen-bond acceptors (Lipinski definition) is 3. The molecule has 1 fully saturated rings. The van der Waals surface area contributed by atoms with Crippen molar-refractivity contribution in [2.75, 3.05) is 19.7 Å². The first-order chi connectivity index (χ1) is 9.65. The molecule has 2 aliphatic rings. The van der Waals surface area contributed by atoms with Crippen molar-refractivity contribution in [3.05, 3.63) is 35.4 Å². The van der Waals surface area contributed by atoms with Crippen molar-refractivity contribution in [3.8, 4) is 0 Å². The van der Waals surface area contributed by atoms with Gasteiger partial charge < -0.3 is 15.4 Å². The van der Waals surface area contributed by atoms with E-state index in [9.17, 15) is 4.79 Å². The third-order valence-corrected chi connectivity index (χ3v) is 4.49. The zero-order chi connectivity index (χ0) is 14.1. The Morgan fingerprint density at radius 3 is 3.05 bits per heavy atom. The van der Waals surface area contributed by atoms with Crippen molar-refractivity contribution in [2.45, 2.75) is 31.9 Å². The van der Waals surface area contributed by atoms with E-state index in [1.54, 1.807) is 0 Å². The van der Waals surface area contributed by atoms with E-state index in [1.807, 2.05) is 17.9 Å². The number of piperidine rings is 1. The van der Waals surface area contributed by atoms with Crippen molar-refractivity contribution in [1.29, 1.82) is 0 Å². The monoisotopic (exact) mass is 274 g/mol. The van der Waals surface area contributed by atoms with Gasteiger partial charge in [0.1, 0.15) is 6.10 Å². The Balaban J connectivity index is 1.74. The first-order valence-electron chi connectivity index (χ1n) is 7.38. The van der Waals surface area contributed by atoms with Crippen LogP contribution in [-0.2, 0) is 16.0 Å². The summed E-state index contributed by atoms with van der Waals surface area (Å²) < 4.78 is 5.88. The fourth-order valence-corrected chi connectivity index (χ4v) is 3.10. The summed E-state index contributed by atoms with van der Waals surface area (Å²) in [5, 5.41) is 0. The molecule has 3 rings (SSSR count). The van der Waals surface area contributed by atoms with Crippen LogP contribution in [0, 0.1) is 5.92 Å². The number of amides is 1. The van der Waals surface area contributed by atoms with Gasteiger partial charge in [-0.3, -0.25) is 4.79 Å². The van der Waals surface area contributed by atoms with E-state index < -0.39 is 0 Å². The molecule has 1 aromatic carbocycles. The largest absolute Gasteiger partial charge is 0.371 e. The topological polar surface area (TPSA) is 55.6 Å². The summed E-state index contributed by atoms with van der Waals surface area (Å²) in [6.07, 6.45) is 1.50. The first kappa shape index (κ1) is 13.6. The summed E-state index contributed by atoms with van der Waals surface area (Å²) >= 11 is 0. The molecule has 2 aliphatic heterocycles. The van der Waals surface area contributed by atoms with Gasteiger partial charge in [-0.25, -0.2) is 0 Å². The Hall–Kier alpha value is -1.39. The van der Waals surface area contributed by atoms with Crippen molar-refractivity contribution >= 4 is 5.91 Å². The summed E-state index contributed by atoms with van der Waals surface area (Å²) in [5.74, 6) is 0.476. The Morgan fingerprint density at radius 2 is 2.20 bits per heavy atom. The van der Waals surface area contributed by atoms with Crippen molar-refractivity contribution < 1.29 is 9.53 Å². The summed E-state index contributed by atoms with van der Waals surface area (Å²) in [6, 6.07) is 8.43. The molecule has 3 unspecified atom stereocenters. The van der Waals surface area contributed by atoms with Gasteiger partial charge in [-0.2, -0.15) is 0 Å². The molecule has 0 radical (unpaired) electrons. The van der Waals surface area contributed by atoms with Crippen molar-refractivity contribution in [3.63, 3.8) is 0 Å². The van der Waals surface area contributed by atoms with Gasteiger partial charge in [0, 0.05) is 19.0 Å². The van der Waals surface area contributed by atoms with Crippen LogP contribution in [-0.4, -0.2) is 36.5 Å². The van der Waals surface area contributed by atoms with Gasteiger partial charge in [0.05, 0.1) is 13.2 Å². The number of ether oxygens (including phenoxy) is 1. The maximum absolute atomic E-state index is 12.2. The fourth-order valence-electron chi connectivity index (χ4n) is 3.10. The van der Waals surface area contributed by atoms with Crippen LogP contribution < -0.4 is 5.73 Å². The molecule has 2 heterocycles. The molecular formula is C16H22N2O2. The Bertz CT molecular complexity index is 503. The molecule has 0 bridgehead atoms. The lowest BCUT2D eigenvalue weighted by Crippen LogP contribution is -2.51. The fraction of sp³-hybridized carbons (Fsp3) is 0.562. The molecule has 20 heavy (non-hydrogen) atoms. The average Bonchev–Trinajstić information content (AvgIpc) is 2.45. The molecule has 108 valence electrons. The smallest absolute Gasteiger partial charge is 0.223 e. The molecule has 0 spiro atoms. The standard InChI is InChI=1S/C16H22N2O2/c1-11-8-16(19)18(9-14(11)17)10-15-13-5-3-2-4-12(13)6-7-20-15/h2-5,11,14-15H,6-10,17H2,1H3. The number of benzene rings is 1. The second-order valence-corrected chi connectivity index (χ2v) is 5.95. The minimum Gasteiger partial charge on any atom is -0.371 e. The number of fused-ring (bicyclic) bond motifs is 1. The van der Waals surface area contributed by atoms with Crippen molar-refractivity contribution in [1.82, 2.24) is 4.90 Å². The van der Waals surface area contributed by atoms with E-state index in [4.69, 9.17) is 10.5 Å². The maximum atomic E-state index is 12.2. The lowest BCUT2D eigenvalue weighted by Gasteiger charge is -2.38. The third-order valence-electron chi connectivity index (χ3n) is 4.49. The first-order valence-corrected chi connectivity index (χ1v) is 7.38. The highest BCUT2D eigenvalue weighted by Crippen LogP contribution is 2.29. The van der Waals surface area contributed by atoms with E-state index in [0.29, 0.717) is 19.5 Å². The summed E-state index contributed by atoms with van der Waals surface area (Å²) in [5.41, 5.74) is 8.66. The number of likely N-dealkylation sites (tertiary alicyclic amines) is 1. The number of nitrogens with zero attached hydrogens (tertiary/aromatic N) is 1. The van der Waals surface area contributed by atoms with Gasteiger partial charge in [0.15, 0.2) is 0 Å². The van der Waals surface area contributed by atoms with Gasteiger partial charge in [0.2, 0.25) is 5.91 Å². The molecule has 4 heteroatoms.